The highest BCUT2D eigenvalue weighted by Gasteiger charge is 2.15. The SMILES string of the molecule is COc1ccc(SC(C)C(=O)NCCN2CCNCC2)cc1. The monoisotopic (exact) mass is 323 g/mol. The fourth-order valence-electron chi connectivity index (χ4n) is 2.33. The first-order valence-corrected chi connectivity index (χ1v) is 8.58. The minimum atomic E-state index is -0.101. The highest BCUT2D eigenvalue weighted by atomic mass is 32.2. The van der Waals surface area contributed by atoms with Gasteiger partial charge in [-0.15, -0.1) is 11.8 Å². The third-order valence-corrected chi connectivity index (χ3v) is 4.79. The molecule has 5 nitrogen and oxygen atoms in total. The van der Waals surface area contributed by atoms with Crippen molar-refractivity contribution in [2.45, 2.75) is 17.1 Å². The number of methoxy groups -OCH3 is 1. The fraction of sp³-hybridized carbons (Fsp3) is 0.562. The molecule has 0 aromatic heterocycles. The average molecular weight is 323 g/mol. The van der Waals surface area contributed by atoms with Crippen LogP contribution in [0.25, 0.3) is 0 Å². The Kier molecular flexibility index (Phi) is 7.02. The fourth-order valence-corrected chi connectivity index (χ4v) is 3.22. The lowest BCUT2D eigenvalue weighted by Crippen LogP contribution is -2.46. The summed E-state index contributed by atoms with van der Waals surface area (Å²) in [5, 5.41) is 6.25. The van der Waals surface area contributed by atoms with Crippen molar-refractivity contribution in [3.05, 3.63) is 24.3 Å². The molecule has 6 heteroatoms. The maximum Gasteiger partial charge on any atom is 0.233 e. The summed E-state index contributed by atoms with van der Waals surface area (Å²) in [5.41, 5.74) is 0. The summed E-state index contributed by atoms with van der Waals surface area (Å²) in [7, 11) is 1.65. The number of amides is 1. The van der Waals surface area contributed by atoms with Crippen molar-refractivity contribution in [2.75, 3.05) is 46.4 Å². The molecule has 0 aliphatic carbocycles. The van der Waals surface area contributed by atoms with E-state index >= 15 is 0 Å². The van der Waals surface area contributed by atoms with E-state index in [2.05, 4.69) is 15.5 Å². The molecular weight excluding hydrogens is 298 g/mol. The second kappa shape index (κ2) is 9.02. The number of carbonyl (C=O) groups is 1. The third-order valence-electron chi connectivity index (χ3n) is 3.68. The Morgan fingerprint density at radius 2 is 2.05 bits per heavy atom. The highest BCUT2D eigenvalue weighted by molar-refractivity contribution is 8.00. The van der Waals surface area contributed by atoms with Gasteiger partial charge in [0.2, 0.25) is 5.91 Å². The summed E-state index contributed by atoms with van der Waals surface area (Å²) in [6.45, 7) is 7.78. The Balaban J connectivity index is 1.69. The van der Waals surface area contributed by atoms with Crippen LogP contribution in [0.3, 0.4) is 0 Å². The van der Waals surface area contributed by atoms with Crippen molar-refractivity contribution in [1.29, 1.82) is 0 Å². The number of hydrogen-bond acceptors (Lipinski definition) is 5. The third kappa shape index (κ3) is 5.51. The molecule has 1 saturated heterocycles. The van der Waals surface area contributed by atoms with Crippen molar-refractivity contribution in [3.63, 3.8) is 0 Å². The quantitative estimate of drug-likeness (QED) is 0.739. The van der Waals surface area contributed by atoms with Crippen LogP contribution in [0, 0.1) is 0 Å². The van der Waals surface area contributed by atoms with Gasteiger partial charge in [-0.3, -0.25) is 9.69 Å². The van der Waals surface area contributed by atoms with Gasteiger partial charge in [0.1, 0.15) is 5.75 Å². The van der Waals surface area contributed by atoms with Crippen LogP contribution in [-0.4, -0.2) is 62.4 Å². The Morgan fingerprint density at radius 1 is 1.36 bits per heavy atom. The van der Waals surface area contributed by atoms with E-state index in [0.717, 1.165) is 43.4 Å². The van der Waals surface area contributed by atoms with E-state index in [1.165, 1.54) is 0 Å². The molecule has 1 amide bonds. The van der Waals surface area contributed by atoms with Crippen LogP contribution >= 0.6 is 11.8 Å². The van der Waals surface area contributed by atoms with Crippen molar-refractivity contribution in [2.24, 2.45) is 0 Å². The minimum absolute atomic E-state index is 0.0935. The number of ether oxygens (including phenoxy) is 1. The molecule has 1 atom stereocenters. The van der Waals surface area contributed by atoms with Crippen LogP contribution in [-0.2, 0) is 4.79 Å². The van der Waals surface area contributed by atoms with Gasteiger partial charge in [-0.2, -0.15) is 0 Å². The highest BCUT2D eigenvalue weighted by Crippen LogP contribution is 2.25. The Hall–Kier alpha value is -1.24. The van der Waals surface area contributed by atoms with E-state index in [4.69, 9.17) is 4.74 Å². The molecule has 0 spiro atoms. The lowest BCUT2D eigenvalue weighted by atomic mass is 10.3. The van der Waals surface area contributed by atoms with Gasteiger partial charge in [0, 0.05) is 44.2 Å². The van der Waals surface area contributed by atoms with E-state index in [0.29, 0.717) is 6.54 Å². The number of benzene rings is 1. The van der Waals surface area contributed by atoms with Crippen molar-refractivity contribution < 1.29 is 9.53 Å². The zero-order valence-electron chi connectivity index (χ0n) is 13.3. The zero-order chi connectivity index (χ0) is 15.8. The molecule has 0 bridgehead atoms. The standard InChI is InChI=1S/C16H25N3O2S/c1-13(22-15-5-3-14(21-2)4-6-15)16(20)18-9-12-19-10-7-17-8-11-19/h3-6,13,17H,7-12H2,1-2H3,(H,18,20). The first kappa shape index (κ1) is 17.1. The number of hydrogen-bond donors (Lipinski definition) is 2. The largest absolute Gasteiger partial charge is 0.497 e. The lowest BCUT2D eigenvalue weighted by Gasteiger charge is -2.27. The molecule has 1 unspecified atom stereocenters. The first-order valence-electron chi connectivity index (χ1n) is 7.70. The molecule has 1 aliphatic heterocycles. The maximum atomic E-state index is 12.1. The van der Waals surface area contributed by atoms with Crippen LogP contribution < -0.4 is 15.4 Å². The number of carbonyl (C=O) groups excluding carboxylic acids is 1. The summed E-state index contributed by atoms with van der Waals surface area (Å²) < 4.78 is 5.13. The second-order valence-electron chi connectivity index (χ2n) is 5.32. The Labute approximate surface area is 136 Å². The molecule has 2 N–H and O–H groups in total. The van der Waals surface area contributed by atoms with Gasteiger partial charge in [0.15, 0.2) is 0 Å². The van der Waals surface area contributed by atoms with Gasteiger partial charge in [-0.1, -0.05) is 0 Å². The molecule has 1 heterocycles. The van der Waals surface area contributed by atoms with E-state index in [9.17, 15) is 4.79 Å². The van der Waals surface area contributed by atoms with Gasteiger partial charge < -0.3 is 15.4 Å². The Bertz CT molecular complexity index is 461. The Morgan fingerprint density at radius 3 is 2.68 bits per heavy atom. The molecule has 1 aromatic rings. The van der Waals surface area contributed by atoms with Crippen molar-refractivity contribution in [3.8, 4) is 5.75 Å². The van der Waals surface area contributed by atoms with Gasteiger partial charge in [0.05, 0.1) is 12.4 Å². The number of nitrogens with one attached hydrogen (secondary N) is 2. The van der Waals surface area contributed by atoms with Gasteiger partial charge in [-0.25, -0.2) is 0 Å². The van der Waals surface area contributed by atoms with E-state index < -0.39 is 0 Å². The molecular formula is C16H25N3O2S. The van der Waals surface area contributed by atoms with Gasteiger partial charge >= 0.3 is 0 Å². The molecule has 0 radical (unpaired) electrons. The van der Waals surface area contributed by atoms with Crippen LogP contribution in [0.1, 0.15) is 6.92 Å². The summed E-state index contributed by atoms with van der Waals surface area (Å²) in [4.78, 5) is 15.6. The molecule has 1 fully saturated rings. The van der Waals surface area contributed by atoms with Crippen molar-refractivity contribution in [1.82, 2.24) is 15.5 Å². The molecule has 1 aliphatic rings. The topological polar surface area (TPSA) is 53.6 Å². The summed E-state index contributed by atoms with van der Waals surface area (Å²) in [5.74, 6) is 0.924. The average Bonchev–Trinajstić information content (AvgIpc) is 2.56. The van der Waals surface area contributed by atoms with Crippen molar-refractivity contribution >= 4 is 17.7 Å². The lowest BCUT2D eigenvalue weighted by molar-refractivity contribution is -0.120. The maximum absolute atomic E-state index is 12.1. The number of rotatable bonds is 7. The van der Waals surface area contributed by atoms with Gasteiger partial charge in [-0.05, 0) is 31.2 Å². The predicted octanol–water partition coefficient (Wildman–Crippen LogP) is 1.20. The summed E-state index contributed by atoms with van der Waals surface area (Å²) in [6, 6.07) is 7.79. The summed E-state index contributed by atoms with van der Waals surface area (Å²) >= 11 is 1.57. The number of thioether (sulfide) groups is 1. The van der Waals surface area contributed by atoms with E-state index in [1.807, 2.05) is 31.2 Å². The van der Waals surface area contributed by atoms with E-state index in [1.54, 1.807) is 18.9 Å². The predicted molar refractivity (Wildman–Crippen MR) is 90.6 cm³/mol. The zero-order valence-corrected chi connectivity index (χ0v) is 14.1. The normalized spacial score (nSPS) is 17.0. The molecule has 2 rings (SSSR count). The van der Waals surface area contributed by atoms with Crippen LogP contribution in [0.4, 0.5) is 0 Å². The van der Waals surface area contributed by atoms with Crippen LogP contribution in [0.5, 0.6) is 5.75 Å². The molecule has 0 saturated carbocycles. The number of piperazine rings is 1. The number of nitrogens with zero attached hydrogens (tertiary/aromatic N) is 1. The van der Waals surface area contributed by atoms with Crippen LogP contribution in [0.2, 0.25) is 0 Å². The second-order valence-corrected chi connectivity index (χ2v) is 6.73. The smallest absolute Gasteiger partial charge is 0.233 e. The first-order chi connectivity index (χ1) is 10.7. The van der Waals surface area contributed by atoms with Crippen LogP contribution in [0.15, 0.2) is 29.2 Å². The molecule has 1 aromatic carbocycles. The summed E-state index contributed by atoms with van der Waals surface area (Å²) in [6.07, 6.45) is 0. The minimum Gasteiger partial charge on any atom is -0.497 e. The van der Waals surface area contributed by atoms with E-state index in [-0.39, 0.29) is 11.2 Å². The molecule has 122 valence electrons. The molecule has 22 heavy (non-hydrogen) atoms. The van der Waals surface area contributed by atoms with Gasteiger partial charge in [0.25, 0.3) is 0 Å².